The molecule has 0 saturated heterocycles. The van der Waals surface area contributed by atoms with E-state index in [-0.39, 0.29) is 30.3 Å². The molecule has 20 heavy (non-hydrogen) atoms. The Morgan fingerprint density at radius 1 is 1.55 bits per heavy atom. The van der Waals surface area contributed by atoms with Crippen LogP contribution in [0.5, 0.6) is 0 Å². The Labute approximate surface area is 115 Å². The minimum atomic E-state index is -1.26. The van der Waals surface area contributed by atoms with Crippen molar-refractivity contribution in [3.63, 3.8) is 0 Å². The molecule has 0 bridgehead atoms. The van der Waals surface area contributed by atoms with Crippen molar-refractivity contribution in [2.45, 2.75) is 32.5 Å². The first-order valence-corrected chi connectivity index (χ1v) is 6.04. The zero-order chi connectivity index (χ0) is 15.3. The zero-order valence-electron chi connectivity index (χ0n) is 11.2. The fourth-order valence-corrected chi connectivity index (χ4v) is 1.72. The average Bonchev–Trinajstić information content (AvgIpc) is 2.37. The smallest absolute Gasteiger partial charge is 0.287 e. The van der Waals surface area contributed by atoms with Crippen molar-refractivity contribution < 1.29 is 19.9 Å². The monoisotopic (exact) mass is 283 g/mol. The molecule has 8 heteroatoms. The third-order valence-electron chi connectivity index (χ3n) is 2.77. The molecule has 2 unspecified atom stereocenters. The highest BCUT2D eigenvalue weighted by atomic mass is 16.6. The molecule has 110 valence electrons. The van der Waals surface area contributed by atoms with Crippen LogP contribution in [0.25, 0.3) is 0 Å². The maximum Gasteiger partial charge on any atom is 0.287 e. The number of nitrogens with zero attached hydrogens (tertiary/aromatic N) is 2. The van der Waals surface area contributed by atoms with Crippen molar-refractivity contribution in [1.29, 1.82) is 0 Å². The van der Waals surface area contributed by atoms with E-state index in [1.54, 1.807) is 6.92 Å². The number of carbonyl (C=O) groups excluding carboxylic acids is 1. The Hall–Kier alpha value is -2.06. The highest BCUT2D eigenvalue weighted by molar-refractivity contribution is 5.72. The van der Waals surface area contributed by atoms with Gasteiger partial charge in [0.2, 0.25) is 5.91 Å². The van der Waals surface area contributed by atoms with Gasteiger partial charge in [0.1, 0.15) is 12.3 Å². The van der Waals surface area contributed by atoms with Crippen molar-refractivity contribution in [1.82, 2.24) is 10.3 Å². The molecule has 0 aliphatic carbocycles. The van der Waals surface area contributed by atoms with Crippen LogP contribution in [0.15, 0.2) is 12.3 Å². The predicted molar refractivity (Wildman–Crippen MR) is 69.9 cm³/mol. The summed E-state index contributed by atoms with van der Waals surface area (Å²) in [5.74, 6) is -0.226. The van der Waals surface area contributed by atoms with Gasteiger partial charge in [0.15, 0.2) is 0 Å². The number of aryl methyl sites for hydroxylation is 1. The largest absolute Gasteiger partial charge is 0.390 e. The van der Waals surface area contributed by atoms with E-state index in [2.05, 4.69) is 10.3 Å². The summed E-state index contributed by atoms with van der Waals surface area (Å²) in [6.07, 6.45) is -1.19. The summed E-state index contributed by atoms with van der Waals surface area (Å²) in [6.45, 7) is 3.14. The molecular weight excluding hydrogens is 266 g/mol. The van der Waals surface area contributed by atoms with Gasteiger partial charge in [0.25, 0.3) is 5.69 Å². The van der Waals surface area contributed by atoms with Crippen LogP contribution in [0.1, 0.15) is 30.7 Å². The van der Waals surface area contributed by atoms with Gasteiger partial charge in [-0.1, -0.05) is 0 Å². The first kappa shape index (κ1) is 16.0. The van der Waals surface area contributed by atoms with Crippen molar-refractivity contribution in [2.75, 3.05) is 6.54 Å². The van der Waals surface area contributed by atoms with Crippen LogP contribution in [-0.4, -0.2) is 38.7 Å². The number of nitrogens with one attached hydrogen (secondary N) is 1. The molecule has 3 N–H and O–H groups in total. The van der Waals surface area contributed by atoms with Crippen LogP contribution >= 0.6 is 0 Å². The average molecular weight is 283 g/mol. The molecule has 0 saturated carbocycles. The summed E-state index contributed by atoms with van der Waals surface area (Å²) in [5, 5.41) is 32.9. The lowest BCUT2D eigenvalue weighted by molar-refractivity contribution is -0.385. The second-order valence-electron chi connectivity index (χ2n) is 4.44. The van der Waals surface area contributed by atoms with Gasteiger partial charge < -0.3 is 15.5 Å². The summed E-state index contributed by atoms with van der Waals surface area (Å²) in [6, 6.07) is 1.28. The summed E-state index contributed by atoms with van der Waals surface area (Å²) >= 11 is 0. The highest BCUT2D eigenvalue weighted by Crippen LogP contribution is 2.23. The predicted octanol–water partition coefficient (Wildman–Crippen LogP) is 0.219. The maximum absolute atomic E-state index is 10.7. The summed E-state index contributed by atoms with van der Waals surface area (Å²) in [4.78, 5) is 24.5. The first-order valence-electron chi connectivity index (χ1n) is 6.04. The van der Waals surface area contributed by atoms with Gasteiger partial charge in [-0.25, -0.2) is 0 Å². The molecule has 0 fully saturated rings. The fraction of sp³-hybridized carbons (Fsp3) is 0.500. The SMILES string of the molecule is CC(=O)NCCC(O)C(O)c1ncc([N+](=O)[O-])cc1C. The second-order valence-corrected chi connectivity index (χ2v) is 4.44. The van der Waals surface area contributed by atoms with Crippen LogP contribution in [0, 0.1) is 17.0 Å². The van der Waals surface area contributed by atoms with Crippen LogP contribution in [0.2, 0.25) is 0 Å². The lowest BCUT2D eigenvalue weighted by Gasteiger charge is -2.18. The molecule has 1 heterocycles. The Morgan fingerprint density at radius 3 is 2.70 bits per heavy atom. The Kier molecular flexibility index (Phi) is 5.53. The second kappa shape index (κ2) is 6.92. The third-order valence-corrected chi connectivity index (χ3v) is 2.77. The van der Waals surface area contributed by atoms with Gasteiger partial charge in [-0.3, -0.25) is 19.9 Å². The van der Waals surface area contributed by atoms with E-state index in [1.807, 2.05) is 0 Å². The summed E-state index contributed by atoms with van der Waals surface area (Å²) in [7, 11) is 0. The molecule has 0 spiro atoms. The molecule has 0 radical (unpaired) electrons. The van der Waals surface area contributed by atoms with Gasteiger partial charge in [0, 0.05) is 19.5 Å². The number of aliphatic hydroxyl groups excluding tert-OH is 2. The molecule has 2 atom stereocenters. The van der Waals surface area contributed by atoms with Crippen LogP contribution < -0.4 is 5.32 Å². The zero-order valence-corrected chi connectivity index (χ0v) is 11.2. The van der Waals surface area contributed by atoms with E-state index < -0.39 is 17.1 Å². The molecular formula is C12H17N3O5. The van der Waals surface area contributed by atoms with Crippen molar-refractivity contribution in [3.8, 4) is 0 Å². The normalized spacial score (nSPS) is 13.6. The number of rotatable bonds is 6. The van der Waals surface area contributed by atoms with Crippen molar-refractivity contribution in [3.05, 3.63) is 33.6 Å². The Balaban J connectivity index is 2.73. The lowest BCUT2D eigenvalue weighted by Crippen LogP contribution is -2.28. The topological polar surface area (TPSA) is 126 Å². The van der Waals surface area contributed by atoms with Crippen molar-refractivity contribution in [2.24, 2.45) is 0 Å². The maximum atomic E-state index is 10.7. The number of nitro groups is 1. The number of hydrogen-bond donors (Lipinski definition) is 3. The lowest BCUT2D eigenvalue weighted by atomic mass is 10.0. The Bertz CT molecular complexity index is 506. The van der Waals surface area contributed by atoms with E-state index in [4.69, 9.17) is 0 Å². The quantitative estimate of drug-likeness (QED) is 0.506. The number of aliphatic hydroxyl groups is 2. The molecule has 1 amide bonds. The van der Waals surface area contributed by atoms with E-state index in [0.29, 0.717) is 5.56 Å². The van der Waals surface area contributed by atoms with E-state index in [1.165, 1.54) is 13.0 Å². The van der Waals surface area contributed by atoms with Crippen LogP contribution in [-0.2, 0) is 4.79 Å². The van der Waals surface area contributed by atoms with Gasteiger partial charge in [0.05, 0.1) is 16.7 Å². The van der Waals surface area contributed by atoms with Gasteiger partial charge in [-0.2, -0.15) is 0 Å². The highest BCUT2D eigenvalue weighted by Gasteiger charge is 2.22. The van der Waals surface area contributed by atoms with E-state index >= 15 is 0 Å². The molecule has 0 aromatic carbocycles. The number of carbonyl (C=O) groups is 1. The summed E-state index contributed by atoms with van der Waals surface area (Å²) < 4.78 is 0. The summed E-state index contributed by atoms with van der Waals surface area (Å²) in [5.41, 5.74) is 0.433. The minimum absolute atomic E-state index is 0.152. The number of pyridine rings is 1. The molecule has 0 aliphatic rings. The van der Waals surface area contributed by atoms with Crippen molar-refractivity contribution >= 4 is 11.6 Å². The third kappa shape index (κ3) is 4.25. The van der Waals surface area contributed by atoms with Gasteiger partial charge >= 0.3 is 0 Å². The molecule has 1 aromatic heterocycles. The Morgan fingerprint density at radius 2 is 2.20 bits per heavy atom. The molecule has 0 aliphatic heterocycles. The number of hydrogen-bond acceptors (Lipinski definition) is 6. The molecule has 1 aromatic rings. The fourth-order valence-electron chi connectivity index (χ4n) is 1.72. The van der Waals surface area contributed by atoms with Crippen LogP contribution in [0.3, 0.4) is 0 Å². The van der Waals surface area contributed by atoms with E-state index in [9.17, 15) is 25.1 Å². The minimum Gasteiger partial charge on any atom is -0.390 e. The first-order chi connectivity index (χ1) is 9.32. The standard InChI is InChI=1S/C12H17N3O5/c1-7-5-9(15(19)20)6-14-11(7)12(18)10(17)3-4-13-8(2)16/h5-6,10,12,17-18H,3-4H2,1-2H3,(H,13,16). The number of amides is 1. The van der Waals surface area contributed by atoms with E-state index in [0.717, 1.165) is 6.20 Å². The number of aromatic nitrogens is 1. The molecule has 8 nitrogen and oxygen atoms in total. The van der Waals surface area contributed by atoms with Crippen LogP contribution in [0.4, 0.5) is 5.69 Å². The molecule has 1 rings (SSSR count). The van der Waals surface area contributed by atoms with Gasteiger partial charge in [-0.15, -0.1) is 0 Å². The van der Waals surface area contributed by atoms with Gasteiger partial charge in [-0.05, 0) is 18.9 Å².